The number of nitrogens with two attached hydrogens (primary N) is 1. The van der Waals surface area contributed by atoms with Crippen molar-refractivity contribution in [3.05, 3.63) is 30.2 Å². The molecule has 3 heterocycles. The zero-order valence-corrected chi connectivity index (χ0v) is 12.6. The molecule has 3 aromatic heterocycles. The van der Waals surface area contributed by atoms with Crippen LogP contribution in [-0.4, -0.2) is 24.7 Å². The second-order valence-electron chi connectivity index (χ2n) is 6.10. The summed E-state index contributed by atoms with van der Waals surface area (Å²) in [6, 6.07) is 1.86. The van der Waals surface area contributed by atoms with Crippen LogP contribution in [0.4, 0.5) is 5.82 Å². The molecule has 0 amide bonds. The summed E-state index contributed by atoms with van der Waals surface area (Å²) >= 11 is 0. The number of pyridine rings is 1. The van der Waals surface area contributed by atoms with Gasteiger partial charge in [0.15, 0.2) is 5.82 Å². The highest BCUT2D eigenvalue weighted by Gasteiger charge is 2.21. The van der Waals surface area contributed by atoms with Crippen LogP contribution >= 0.6 is 0 Å². The Hall–Kier alpha value is -2.50. The Labute approximate surface area is 123 Å². The number of hydrogen-bond donors (Lipinski definition) is 1. The van der Waals surface area contributed by atoms with Gasteiger partial charge in [-0.15, -0.1) is 0 Å². The van der Waals surface area contributed by atoms with Crippen molar-refractivity contribution in [2.24, 2.45) is 7.05 Å². The van der Waals surface area contributed by atoms with Crippen molar-refractivity contribution in [2.45, 2.75) is 26.2 Å². The minimum absolute atomic E-state index is 0.0714. The first kappa shape index (κ1) is 13.5. The minimum atomic E-state index is -0.0714. The lowest BCUT2D eigenvalue weighted by Crippen LogP contribution is -2.14. The molecule has 6 heteroatoms. The number of fused-ring (bicyclic) bond motifs is 1. The van der Waals surface area contributed by atoms with Gasteiger partial charge in [0.05, 0.1) is 11.7 Å². The summed E-state index contributed by atoms with van der Waals surface area (Å²) in [5.74, 6) is 1.04. The van der Waals surface area contributed by atoms with E-state index in [0.29, 0.717) is 11.6 Å². The fraction of sp³-hybridized carbons (Fsp3) is 0.333. The van der Waals surface area contributed by atoms with E-state index in [2.05, 4.69) is 40.8 Å². The highest BCUT2D eigenvalue weighted by atomic mass is 15.3. The lowest BCUT2D eigenvalue weighted by Gasteiger charge is -2.21. The number of nitrogens with zero attached hydrogens (tertiary/aromatic N) is 5. The van der Waals surface area contributed by atoms with E-state index in [0.717, 1.165) is 22.2 Å². The molecule has 0 bridgehead atoms. The molecule has 0 aromatic carbocycles. The Morgan fingerprint density at radius 2 is 1.90 bits per heavy atom. The molecular formula is C15H18N6. The highest BCUT2D eigenvalue weighted by molar-refractivity contribution is 5.92. The van der Waals surface area contributed by atoms with Crippen LogP contribution in [0.25, 0.3) is 22.4 Å². The molecule has 2 N–H and O–H groups in total. The summed E-state index contributed by atoms with van der Waals surface area (Å²) in [5.41, 5.74) is 8.76. The van der Waals surface area contributed by atoms with Crippen molar-refractivity contribution in [2.75, 3.05) is 5.73 Å². The quantitative estimate of drug-likeness (QED) is 0.740. The monoisotopic (exact) mass is 282 g/mol. The molecule has 0 aliphatic rings. The van der Waals surface area contributed by atoms with Gasteiger partial charge in [0.2, 0.25) is 0 Å². The van der Waals surface area contributed by atoms with Crippen LogP contribution in [-0.2, 0) is 12.5 Å². The van der Waals surface area contributed by atoms with E-state index in [1.54, 1.807) is 17.1 Å². The average Bonchev–Trinajstić information content (AvgIpc) is 2.83. The fourth-order valence-electron chi connectivity index (χ4n) is 2.39. The second kappa shape index (κ2) is 4.51. The van der Waals surface area contributed by atoms with Crippen LogP contribution in [0.2, 0.25) is 0 Å². The van der Waals surface area contributed by atoms with E-state index < -0.39 is 0 Å². The van der Waals surface area contributed by atoms with Crippen molar-refractivity contribution in [1.82, 2.24) is 24.7 Å². The van der Waals surface area contributed by atoms with Crippen LogP contribution < -0.4 is 5.73 Å². The van der Waals surface area contributed by atoms with Gasteiger partial charge >= 0.3 is 0 Å². The van der Waals surface area contributed by atoms with Gasteiger partial charge < -0.3 is 5.73 Å². The topological polar surface area (TPSA) is 82.5 Å². The Morgan fingerprint density at radius 1 is 1.14 bits per heavy atom. The van der Waals surface area contributed by atoms with E-state index in [9.17, 15) is 0 Å². The molecule has 0 aliphatic carbocycles. The molecule has 0 saturated carbocycles. The molecule has 3 rings (SSSR count). The Kier molecular flexibility index (Phi) is 2.90. The maximum atomic E-state index is 6.20. The van der Waals surface area contributed by atoms with Gasteiger partial charge in [0.1, 0.15) is 11.5 Å². The smallest absolute Gasteiger partial charge is 0.180 e. The molecule has 0 unspecified atom stereocenters. The first-order valence-corrected chi connectivity index (χ1v) is 6.78. The molecular weight excluding hydrogens is 264 g/mol. The molecule has 0 fully saturated rings. The molecule has 6 nitrogen and oxygen atoms in total. The molecule has 0 radical (unpaired) electrons. The predicted octanol–water partition coefficient (Wildman–Crippen LogP) is 2.30. The lowest BCUT2D eigenvalue weighted by molar-refractivity contribution is 0.593. The Bertz CT molecular complexity index is 813. The standard InChI is InChI=1S/C15H18N6/c1-15(2,3)9-7-17-8-10-12(9)13(16)20-14(19-10)11-5-6-18-21(11)4/h5-8H,1-4H3,(H2,16,19,20). The molecule has 0 aliphatic heterocycles. The Balaban J connectivity index is 2.30. The third-order valence-corrected chi connectivity index (χ3v) is 3.49. The average molecular weight is 282 g/mol. The summed E-state index contributed by atoms with van der Waals surface area (Å²) in [4.78, 5) is 13.4. The first-order valence-electron chi connectivity index (χ1n) is 6.78. The number of anilines is 1. The van der Waals surface area contributed by atoms with Gasteiger partial charge in [0, 0.05) is 24.8 Å². The lowest BCUT2D eigenvalue weighted by atomic mass is 9.86. The van der Waals surface area contributed by atoms with Crippen molar-refractivity contribution < 1.29 is 0 Å². The van der Waals surface area contributed by atoms with E-state index >= 15 is 0 Å². The number of aryl methyl sites for hydroxylation is 1. The second-order valence-corrected chi connectivity index (χ2v) is 6.10. The SMILES string of the molecule is Cn1nccc1-c1nc(N)c2c(C(C)(C)C)cncc2n1. The fourth-order valence-corrected chi connectivity index (χ4v) is 2.39. The highest BCUT2D eigenvalue weighted by Crippen LogP contribution is 2.32. The largest absolute Gasteiger partial charge is 0.383 e. The number of nitrogen functional groups attached to an aromatic ring is 1. The molecule has 0 saturated heterocycles. The van der Waals surface area contributed by atoms with Crippen LogP contribution in [0.5, 0.6) is 0 Å². The van der Waals surface area contributed by atoms with Crippen LogP contribution in [0.3, 0.4) is 0 Å². The molecule has 0 atom stereocenters. The first-order chi connectivity index (χ1) is 9.88. The predicted molar refractivity (Wildman–Crippen MR) is 82.6 cm³/mol. The molecule has 108 valence electrons. The number of aromatic nitrogens is 5. The van der Waals surface area contributed by atoms with Crippen molar-refractivity contribution >= 4 is 16.7 Å². The summed E-state index contributed by atoms with van der Waals surface area (Å²) < 4.78 is 1.72. The molecule has 21 heavy (non-hydrogen) atoms. The third kappa shape index (κ3) is 2.22. The molecule has 0 spiro atoms. The van der Waals surface area contributed by atoms with Gasteiger partial charge in [-0.25, -0.2) is 9.97 Å². The van der Waals surface area contributed by atoms with Gasteiger partial charge in [-0.1, -0.05) is 20.8 Å². The minimum Gasteiger partial charge on any atom is -0.383 e. The summed E-state index contributed by atoms with van der Waals surface area (Å²) in [6.45, 7) is 6.37. The van der Waals surface area contributed by atoms with E-state index in [4.69, 9.17) is 5.73 Å². The van der Waals surface area contributed by atoms with Gasteiger partial charge in [-0.2, -0.15) is 5.10 Å². The van der Waals surface area contributed by atoms with E-state index in [1.165, 1.54) is 0 Å². The third-order valence-electron chi connectivity index (χ3n) is 3.49. The van der Waals surface area contributed by atoms with Crippen LogP contribution in [0.1, 0.15) is 26.3 Å². The van der Waals surface area contributed by atoms with Crippen LogP contribution in [0.15, 0.2) is 24.7 Å². The van der Waals surface area contributed by atoms with Crippen LogP contribution in [0, 0.1) is 0 Å². The van der Waals surface area contributed by atoms with E-state index in [-0.39, 0.29) is 5.41 Å². The number of hydrogen-bond acceptors (Lipinski definition) is 5. The number of rotatable bonds is 1. The zero-order valence-electron chi connectivity index (χ0n) is 12.6. The van der Waals surface area contributed by atoms with E-state index in [1.807, 2.05) is 19.3 Å². The van der Waals surface area contributed by atoms with Gasteiger partial charge in [-0.05, 0) is 17.0 Å². The van der Waals surface area contributed by atoms with Crippen molar-refractivity contribution in [3.8, 4) is 11.5 Å². The summed E-state index contributed by atoms with van der Waals surface area (Å²) in [5, 5.41) is 5.02. The normalized spacial score (nSPS) is 12.0. The molecule has 3 aromatic rings. The summed E-state index contributed by atoms with van der Waals surface area (Å²) in [6.07, 6.45) is 5.27. The van der Waals surface area contributed by atoms with Gasteiger partial charge in [-0.3, -0.25) is 9.67 Å². The zero-order chi connectivity index (χ0) is 15.2. The van der Waals surface area contributed by atoms with Crippen molar-refractivity contribution in [3.63, 3.8) is 0 Å². The van der Waals surface area contributed by atoms with Gasteiger partial charge in [0.25, 0.3) is 0 Å². The maximum absolute atomic E-state index is 6.20. The van der Waals surface area contributed by atoms with Crippen molar-refractivity contribution in [1.29, 1.82) is 0 Å². The Morgan fingerprint density at radius 3 is 2.52 bits per heavy atom. The summed E-state index contributed by atoms with van der Waals surface area (Å²) in [7, 11) is 1.85. The maximum Gasteiger partial charge on any atom is 0.180 e.